The monoisotopic (exact) mass is 341 g/mol. The lowest BCUT2D eigenvalue weighted by Crippen LogP contribution is -2.18. The molecule has 0 fully saturated rings. The number of hydrogen-bond acceptors (Lipinski definition) is 3. The van der Waals surface area contributed by atoms with Crippen LogP contribution in [0.25, 0.3) is 5.69 Å². The fourth-order valence-electron chi connectivity index (χ4n) is 1.86. The molecule has 0 aliphatic rings. The van der Waals surface area contributed by atoms with Crippen LogP contribution in [-0.4, -0.2) is 30.0 Å². The molecule has 0 aliphatic carbocycles. The summed E-state index contributed by atoms with van der Waals surface area (Å²) in [4.78, 5) is 0. The second-order valence-corrected chi connectivity index (χ2v) is 5.33. The Kier molecular flexibility index (Phi) is 5.28. The van der Waals surface area contributed by atoms with Gasteiger partial charge in [-0.2, -0.15) is 5.10 Å². The molecule has 6 heteroatoms. The molecule has 2 rings (SSSR count). The largest absolute Gasteiger partial charge is 0.383 e. The number of aromatic nitrogens is 2. The van der Waals surface area contributed by atoms with E-state index in [0.29, 0.717) is 17.6 Å². The van der Waals surface area contributed by atoms with Crippen molar-refractivity contribution in [1.82, 2.24) is 15.1 Å². The number of ether oxygens (including phenoxy) is 1. The molecule has 4 nitrogen and oxygen atoms in total. The van der Waals surface area contributed by atoms with Crippen molar-refractivity contribution < 1.29 is 9.13 Å². The lowest BCUT2D eigenvalue weighted by Gasteiger charge is -2.07. The van der Waals surface area contributed by atoms with E-state index in [9.17, 15) is 4.39 Å². The average Bonchev–Trinajstić information content (AvgIpc) is 2.87. The van der Waals surface area contributed by atoms with Crippen LogP contribution in [0.4, 0.5) is 4.39 Å². The normalized spacial score (nSPS) is 11.0. The predicted octanol–water partition coefficient (Wildman–Crippen LogP) is 2.82. The number of methoxy groups -OCH3 is 1. The van der Waals surface area contributed by atoms with Gasteiger partial charge in [0, 0.05) is 32.5 Å². The Bertz CT molecular complexity index is 586. The van der Waals surface area contributed by atoms with Crippen LogP contribution in [0, 0.1) is 12.7 Å². The van der Waals surface area contributed by atoms with Gasteiger partial charge in [0.25, 0.3) is 0 Å². The van der Waals surface area contributed by atoms with Crippen LogP contribution in [0.2, 0.25) is 0 Å². The van der Waals surface area contributed by atoms with Gasteiger partial charge in [-0.25, -0.2) is 9.07 Å². The average molecular weight is 342 g/mol. The maximum Gasteiger partial charge on any atom is 0.139 e. The summed E-state index contributed by atoms with van der Waals surface area (Å²) in [6.45, 7) is 4.03. The number of nitrogens with one attached hydrogen (secondary N) is 1. The van der Waals surface area contributed by atoms with E-state index in [2.05, 4.69) is 26.3 Å². The highest BCUT2D eigenvalue weighted by atomic mass is 79.9. The van der Waals surface area contributed by atoms with Crippen LogP contribution in [0.5, 0.6) is 0 Å². The maximum absolute atomic E-state index is 13.6. The first kappa shape index (κ1) is 15.2. The molecule has 0 atom stereocenters. The number of rotatable bonds is 6. The molecule has 20 heavy (non-hydrogen) atoms. The molecule has 0 saturated carbocycles. The molecule has 108 valence electrons. The van der Waals surface area contributed by atoms with E-state index in [1.807, 2.05) is 19.2 Å². The summed E-state index contributed by atoms with van der Waals surface area (Å²) in [5, 5.41) is 7.66. The first-order valence-electron chi connectivity index (χ1n) is 6.32. The van der Waals surface area contributed by atoms with Crippen molar-refractivity contribution in [3.05, 3.63) is 45.9 Å². The number of aryl methyl sites for hydroxylation is 1. The topological polar surface area (TPSA) is 39.1 Å². The fraction of sp³-hybridized carbons (Fsp3) is 0.357. The summed E-state index contributed by atoms with van der Waals surface area (Å²) in [5.41, 5.74) is 2.61. The molecule has 0 aliphatic heterocycles. The van der Waals surface area contributed by atoms with Gasteiger partial charge in [-0.3, -0.25) is 0 Å². The van der Waals surface area contributed by atoms with Crippen LogP contribution in [-0.2, 0) is 11.3 Å². The Labute approximate surface area is 126 Å². The standard InChI is InChI=1S/C14H17BrFN3O/c1-10-7-12(15)13(16)8-14(10)19-5-3-11(18-19)9-17-4-6-20-2/h3,5,7-8,17H,4,6,9H2,1-2H3. The van der Waals surface area contributed by atoms with Crippen molar-refractivity contribution >= 4 is 15.9 Å². The molecule has 1 heterocycles. The quantitative estimate of drug-likeness (QED) is 0.821. The van der Waals surface area contributed by atoms with Crippen LogP contribution in [0.15, 0.2) is 28.9 Å². The molecule has 0 spiro atoms. The molecule has 1 N–H and O–H groups in total. The predicted molar refractivity (Wildman–Crippen MR) is 79.5 cm³/mol. The fourth-order valence-corrected chi connectivity index (χ4v) is 2.32. The Hall–Kier alpha value is -1.24. The summed E-state index contributed by atoms with van der Waals surface area (Å²) in [6.07, 6.45) is 1.84. The minimum atomic E-state index is -0.291. The highest BCUT2D eigenvalue weighted by molar-refractivity contribution is 9.10. The molecule has 1 aromatic carbocycles. The van der Waals surface area contributed by atoms with E-state index < -0.39 is 0 Å². The summed E-state index contributed by atoms with van der Waals surface area (Å²) in [5.74, 6) is -0.291. The zero-order valence-electron chi connectivity index (χ0n) is 11.5. The van der Waals surface area contributed by atoms with Crippen molar-refractivity contribution in [3.8, 4) is 5.69 Å². The van der Waals surface area contributed by atoms with E-state index in [4.69, 9.17) is 4.74 Å². The lowest BCUT2D eigenvalue weighted by molar-refractivity contribution is 0.199. The molecule has 1 aromatic heterocycles. The maximum atomic E-state index is 13.6. The summed E-state index contributed by atoms with van der Waals surface area (Å²) >= 11 is 3.18. The second-order valence-electron chi connectivity index (χ2n) is 4.47. The highest BCUT2D eigenvalue weighted by Crippen LogP contribution is 2.22. The summed E-state index contributed by atoms with van der Waals surface area (Å²) in [7, 11) is 1.67. The first-order chi connectivity index (χ1) is 9.61. The van der Waals surface area contributed by atoms with Gasteiger partial charge in [-0.05, 0) is 40.5 Å². The lowest BCUT2D eigenvalue weighted by atomic mass is 10.2. The van der Waals surface area contributed by atoms with E-state index in [1.54, 1.807) is 17.9 Å². The van der Waals surface area contributed by atoms with Gasteiger partial charge in [-0.1, -0.05) is 0 Å². The number of hydrogen-bond donors (Lipinski definition) is 1. The molecular weight excluding hydrogens is 325 g/mol. The smallest absolute Gasteiger partial charge is 0.139 e. The zero-order valence-corrected chi connectivity index (χ0v) is 13.1. The number of nitrogens with zero attached hydrogens (tertiary/aromatic N) is 2. The van der Waals surface area contributed by atoms with Gasteiger partial charge in [0.05, 0.1) is 22.5 Å². The van der Waals surface area contributed by atoms with Crippen LogP contribution in [0.1, 0.15) is 11.3 Å². The van der Waals surface area contributed by atoms with E-state index in [-0.39, 0.29) is 5.82 Å². The highest BCUT2D eigenvalue weighted by Gasteiger charge is 2.08. The van der Waals surface area contributed by atoms with Crippen molar-refractivity contribution in [2.24, 2.45) is 0 Å². The van der Waals surface area contributed by atoms with E-state index in [1.165, 1.54) is 6.07 Å². The van der Waals surface area contributed by atoms with Crippen LogP contribution < -0.4 is 5.32 Å². The molecule has 0 saturated heterocycles. The van der Waals surface area contributed by atoms with Crippen molar-refractivity contribution in [2.45, 2.75) is 13.5 Å². The van der Waals surface area contributed by atoms with Gasteiger partial charge < -0.3 is 10.1 Å². The molecule has 0 radical (unpaired) electrons. The van der Waals surface area contributed by atoms with Gasteiger partial charge in [0.1, 0.15) is 5.82 Å². The van der Waals surface area contributed by atoms with Gasteiger partial charge in [-0.15, -0.1) is 0 Å². The van der Waals surface area contributed by atoms with Gasteiger partial charge in [0.2, 0.25) is 0 Å². The minimum Gasteiger partial charge on any atom is -0.383 e. The Balaban J connectivity index is 2.10. The van der Waals surface area contributed by atoms with Crippen LogP contribution >= 0.6 is 15.9 Å². The van der Waals surface area contributed by atoms with Crippen LogP contribution in [0.3, 0.4) is 0 Å². The van der Waals surface area contributed by atoms with Crippen molar-refractivity contribution in [2.75, 3.05) is 20.3 Å². The molecule has 0 bridgehead atoms. The Morgan fingerprint density at radius 2 is 2.25 bits per heavy atom. The van der Waals surface area contributed by atoms with Gasteiger partial charge in [0.15, 0.2) is 0 Å². The third-order valence-electron chi connectivity index (χ3n) is 2.92. The SMILES string of the molecule is COCCNCc1ccn(-c2cc(F)c(Br)cc2C)n1. The molecular formula is C14H17BrFN3O. The van der Waals surface area contributed by atoms with E-state index in [0.717, 1.165) is 23.5 Å². The Morgan fingerprint density at radius 1 is 1.45 bits per heavy atom. The Morgan fingerprint density at radius 3 is 3.00 bits per heavy atom. The van der Waals surface area contributed by atoms with E-state index >= 15 is 0 Å². The second kappa shape index (κ2) is 6.97. The molecule has 2 aromatic rings. The number of benzene rings is 1. The number of halogens is 2. The first-order valence-corrected chi connectivity index (χ1v) is 7.11. The molecule has 0 amide bonds. The van der Waals surface area contributed by atoms with Crippen molar-refractivity contribution in [1.29, 1.82) is 0 Å². The summed E-state index contributed by atoms with van der Waals surface area (Å²) < 4.78 is 20.7. The third-order valence-corrected chi connectivity index (χ3v) is 3.53. The minimum absolute atomic E-state index is 0.291. The zero-order chi connectivity index (χ0) is 14.5. The summed E-state index contributed by atoms with van der Waals surface area (Å²) in [6, 6.07) is 5.15. The van der Waals surface area contributed by atoms with Gasteiger partial charge >= 0.3 is 0 Å². The molecule has 0 unspecified atom stereocenters. The third kappa shape index (κ3) is 3.65. The van der Waals surface area contributed by atoms with Crippen molar-refractivity contribution in [3.63, 3.8) is 0 Å².